The Morgan fingerprint density at radius 2 is 1.88 bits per heavy atom. The molecule has 6 N–H and O–H groups in total. The van der Waals surface area contributed by atoms with Crippen LogP contribution in [0.1, 0.15) is 32.7 Å². The second kappa shape index (κ2) is 9.54. The number of amides is 1. The SMILES string of the molecule is COc1ccc(-c2ccc(O)c3c2C[C@H]2C[C@H]4[C@H](N(C)C)C(O)C(C(N)=O)C(=O)[C@@]4(O)C(O)=C2C3=O)cc1C=O. The van der Waals surface area contributed by atoms with Crippen LogP contribution in [0.5, 0.6) is 11.5 Å². The van der Waals surface area contributed by atoms with E-state index in [0.717, 1.165) is 0 Å². The van der Waals surface area contributed by atoms with Crippen molar-refractivity contribution in [2.24, 2.45) is 23.5 Å². The summed E-state index contributed by atoms with van der Waals surface area (Å²) in [5, 5.41) is 44.9. The lowest BCUT2D eigenvalue weighted by molar-refractivity contribution is -0.178. The Morgan fingerprint density at radius 3 is 2.48 bits per heavy atom. The van der Waals surface area contributed by atoms with Gasteiger partial charge in [-0.3, -0.25) is 19.2 Å². The third kappa shape index (κ3) is 3.69. The lowest BCUT2D eigenvalue weighted by atomic mass is 9.55. The van der Waals surface area contributed by atoms with Crippen molar-refractivity contribution in [1.29, 1.82) is 0 Å². The minimum Gasteiger partial charge on any atom is -0.508 e. The average molecular weight is 551 g/mol. The quantitative estimate of drug-likeness (QED) is 0.263. The number of benzene rings is 2. The molecule has 0 saturated heterocycles. The number of primary amides is 1. The third-order valence-corrected chi connectivity index (χ3v) is 8.64. The molecule has 210 valence electrons. The van der Waals surface area contributed by atoms with E-state index in [1.807, 2.05) is 0 Å². The molecule has 2 aromatic carbocycles. The van der Waals surface area contributed by atoms with E-state index < -0.39 is 58.7 Å². The second-order valence-electron chi connectivity index (χ2n) is 10.9. The van der Waals surface area contributed by atoms with Crippen molar-refractivity contribution in [3.05, 3.63) is 58.4 Å². The maximum absolute atomic E-state index is 13.9. The first-order chi connectivity index (χ1) is 18.9. The van der Waals surface area contributed by atoms with E-state index in [1.54, 1.807) is 43.3 Å². The van der Waals surface area contributed by atoms with Crippen LogP contribution in [0.3, 0.4) is 0 Å². The normalized spacial score (nSPS) is 29.5. The Hall–Kier alpha value is -4.06. The van der Waals surface area contributed by atoms with Crippen LogP contribution in [0.25, 0.3) is 11.1 Å². The van der Waals surface area contributed by atoms with E-state index in [4.69, 9.17) is 10.5 Å². The molecule has 40 heavy (non-hydrogen) atoms. The maximum atomic E-state index is 13.9. The molecule has 2 aromatic rings. The molecule has 0 bridgehead atoms. The van der Waals surface area contributed by atoms with Gasteiger partial charge in [0.1, 0.15) is 23.2 Å². The number of methoxy groups -OCH3 is 1. The number of hydrogen-bond donors (Lipinski definition) is 5. The molecule has 0 aliphatic heterocycles. The van der Waals surface area contributed by atoms with E-state index in [2.05, 4.69) is 0 Å². The van der Waals surface area contributed by atoms with Crippen LogP contribution < -0.4 is 10.5 Å². The zero-order valence-corrected chi connectivity index (χ0v) is 22.1. The Balaban J connectivity index is 1.70. The van der Waals surface area contributed by atoms with Crippen molar-refractivity contribution in [3.63, 3.8) is 0 Å². The summed E-state index contributed by atoms with van der Waals surface area (Å²) in [5.41, 5.74) is 4.37. The number of carbonyl (C=O) groups is 4. The van der Waals surface area contributed by atoms with Gasteiger partial charge in [-0.05, 0) is 67.7 Å². The van der Waals surface area contributed by atoms with Crippen LogP contribution in [-0.2, 0) is 16.0 Å². The van der Waals surface area contributed by atoms with Gasteiger partial charge in [0.25, 0.3) is 0 Å². The number of Topliss-reactive ketones (excluding diaryl/α,β-unsaturated/α-hetero) is 2. The third-order valence-electron chi connectivity index (χ3n) is 8.64. The molecule has 5 rings (SSSR count). The monoisotopic (exact) mass is 550 g/mol. The zero-order chi connectivity index (χ0) is 29.3. The topological polar surface area (TPSA) is 188 Å². The van der Waals surface area contributed by atoms with Crippen LogP contribution in [0.15, 0.2) is 41.7 Å². The summed E-state index contributed by atoms with van der Waals surface area (Å²) < 4.78 is 5.22. The van der Waals surface area contributed by atoms with Crippen LogP contribution in [0.4, 0.5) is 0 Å². The highest BCUT2D eigenvalue weighted by Gasteiger charge is 2.66. The molecule has 6 atom stereocenters. The van der Waals surface area contributed by atoms with Gasteiger partial charge in [0, 0.05) is 17.5 Å². The molecule has 0 heterocycles. The molecule has 0 radical (unpaired) electrons. The molecule has 1 saturated carbocycles. The van der Waals surface area contributed by atoms with Gasteiger partial charge in [-0.2, -0.15) is 0 Å². The number of nitrogens with two attached hydrogens (primary N) is 1. The van der Waals surface area contributed by atoms with Crippen molar-refractivity contribution in [1.82, 2.24) is 4.90 Å². The molecule has 0 aromatic heterocycles. The minimum atomic E-state index is -2.64. The minimum absolute atomic E-state index is 0.00942. The van der Waals surface area contributed by atoms with Crippen LogP contribution in [0.2, 0.25) is 0 Å². The van der Waals surface area contributed by atoms with E-state index >= 15 is 0 Å². The number of ketones is 2. The lowest BCUT2D eigenvalue weighted by Crippen LogP contribution is -2.71. The van der Waals surface area contributed by atoms with E-state index in [-0.39, 0.29) is 35.3 Å². The van der Waals surface area contributed by atoms with Crippen molar-refractivity contribution in [2.45, 2.75) is 30.6 Å². The Morgan fingerprint density at radius 1 is 1.18 bits per heavy atom. The number of aliphatic hydroxyl groups excluding tert-OH is 2. The summed E-state index contributed by atoms with van der Waals surface area (Å²) in [4.78, 5) is 52.7. The van der Waals surface area contributed by atoms with Gasteiger partial charge in [-0.1, -0.05) is 12.1 Å². The number of phenols is 1. The highest BCUT2D eigenvalue weighted by Crippen LogP contribution is 2.53. The Bertz CT molecular complexity index is 1500. The first-order valence-electron chi connectivity index (χ1n) is 12.8. The number of aldehydes is 1. The number of likely N-dealkylation sites (N-methyl/N-ethyl adjacent to an activating group) is 1. The number of rotatable bonds is 5. The van der Waals surface area contributed by atoms with Gasteiger partial charge in [0.2, 0.25) is 5.91 Å². The number of hydrogen-bond acceptors (Lipinski definition) is 10. The standard InChI is InChI=1S/C29H30N2O9/c1-31(2)23-17-10-13-9-16-15(12-4-7-19(40-3)14(8-12)11-32)5-6-18(33)21(16)24(34)20(13)26(36)29(17,39)27(37)22(25(23)35)28(30)38/h4-8,11,13,17,22-23,25,33,35-36,39H,9-10H2,1-3H3,(H2,30,38)/t13-,17-,22?,23-,25?,29-/m0/s1. The predicted molar refractivity (Wildman–Crippen MR) is 141 cm³/mol. The molecule has 3 aliphatic rings. The summed E-state index contributed by atoms with van der Waals surface area (Å²) in [6.07, 6.45) is -0.752. The smallest absolute Gasteiger partial charge is 0.230 e. The average Bonchev–Trinajstić information content (AvgIpc) is 2.90. The van der Waals surface area contributed by atoms with Gasteiger partial charge < -0.3 is 35.8 Å². The van der Waals surface area contributed by atoms with Gasteiger partial charge in [0.15, 0.2) is 23.5 Å². The van der Waals surface area contributed by atoms with E-state index in [9.17, 15) is 39.6 Å². The van der Waals surface area contributed by atoms with Gasteiger partial charge in [0.05, 0.1) is 24.3 Å². The van der Waals surface area contributed by atoms with Crippen LogP contribution >= 0.6 is 0 Å². The predicted octanol–water partition coefficient (Wildman–Crippen LogP) is 0.774. The number of aliphatic hydroxyl groups is 3. The molecule has 3 aliphatic carbocycles. The van der Waals surface area contributed by atoms with Crippen LogP contribution in [-0.4, -0.2) is 88.0 Å². The van der Waals surface area contributed by atoms with Crippen molar-refractivity contribution < 1.29 is 44.3 Å². The molecule has 11 heteroatoms. The Kier molecular flexibility index (Phi) is 6.56. The van der Waals surface area contributed by atoms with Gasteiger partial charge in [-0.25, -0.2) is 0 Å². The number of fused-ring (bicyclic) bond motifs is 3. The second-order valence-corrected chi connectivity index (χ2v) is 10.9. The largest absolute Gasteiger partial charge is 0.508 e. The number of phenolic OH excluding ortho intramolecular Hbond substituents is 1. The number of allylic oxidation sites excluding steroid dienone is 1. The van der Waals surface area contributed by atoms with Crippen molar-refractivity contribution in [3.8, 4) is 22.6 Å². The molecule has 0 spiro atoms. The van der Waals surface area contributed by atoms with Gasteiger partial charge in [-0.15, -0.1) is 0 Å². The lowest BCUT2D eigenvalue weighted by Gasteiger charge is -2.53. The van der Waals surface area contributed by atoms with Crippen molar-refractivity contribution >= 4 is 23.8 Å². The molecule has 1 fully saturated rings. The number of carbonyl (C=O) groups excluding carboxylic acids is 4. The molecule has 2 unspecified atom stereocenters. The number of aromatic hydroxyl groups is 1. The first kappa shape index (κ1) is 27.5. The van der Waals surface area contributed by atoms with Gasteiger partial charge >= 0.3 is 0 Å². The van der Waals surface area contributed by atoms with Crippen LogP contribution in [0, 0.1) is 17.8 Å². The number of ether oxygens (including phenoxy) is 1. The number of nitrogens with zero attached hydrogens (tertiary/aromatic N) is 1. The van der Waals surface area contributed by atoms with Crippen molar-refractivity contribution in [2.75, 3.05) is 21.2 Å². The highest BCUT2D eigenvalue weighted by atomic mass is 16.5. The summed E-state index contributed by atoms with van der Waals surface area (Å²) in [5.74, 6) is -7.55. The summed E-state index contributed by atoms with van der Waals surface area (Å²) in [7, 11) is 4.64. The molecular formula is C29H30N2O9. The molecule has 11 nitrogen and oxygen atoms in total. The zero-order valence-electron chi connectivity index (χ0n) is 22.1. The fraction of sp³-hybridized carbons (Fsp3) is 0.379. The fourth-order valence-corrected chi connectivity index (χ4v) is 6.87. The summed E-state index contributed by atoms with van der Waals surface area (Å²) >= 11 is 0. The fourth-order valence-electron chi connectivity index (χ4n) is 6.87. The first-order valence-corrected chi connectivity index (χ1v) is 12.8. The van der Waals surface area contributed by atoms with E-state index in [0.29, 0.717) is 28.7 Å². The maximum Gasteiger partial charge on any atom is 0.230 e. The molecular weight excluding hydrogens is 520 g/mol. The highest BCUT2D eigenvalue weighted by molar-refractivity contribution is 6.16. The molecule has 1 amide bonds. The summed E-state index contributed by atoms with van der Waals surface area (Å²) in [6, 6.07) is 6.93. The summed E-state index contributed by atoms with van der Waals surface area (Å²) in [6.45, 7) is 0. The van der Waals surface area contributed by atoms with E-state index in [1.165, 1.54) is 13.2 Å². The Labute approximate surface area is 229 Å².